The van der Waals surface area contributed by atoms with Gasteiger partial charge in [-0.3, -0.25) is 10.1 Å². The zero-order chi connectivity index (χ0) is 22.1. The molecule has 154 valence electrons. The van der Waals surface area contributed by atoms with Crippen LogP contribution in [0.1, 0.15) is 21.5 Å². The third kappa shape index (κ3) is 3.55. The molecule has 0 aliphatic rings. The van der Waals surface area contributed by atoms with Gasteiger partial charge in [-0.2, -0.15) is 0 Å². The number of fused-ring (bicyclic) bond motifs is 1. The summed E-state index contributed by atoms with van der Waals surface area (Å²) in [7, 11) is 1.33. The van der Waals surface area contributed by atoms with Crippen molar-refractivity contribution in [2.24, 2.45) is 0 Å². The number of hydrogen-bond acceptors (Lipinski definition) is 4. The van der Waals surface area contributed by atoms with Gasteiger partial charge in [0.15, 0.2) is 0 Å². The number of methoxy groups -OCH3 is 1. The Labute approximate surface area is 180 Å². The Morgan fingerprint density at radius 3 is 2.29 bits per heavy atom. The zero-order valence-electron chi connectivity index (χ0n) is 17.5. The van der Waals surface area contributed by atoms with E-state index in [1.165, 1.54) is 7.11 Å². The lowest BCUT2D eigenvalue weighted by Gasteiger charge is -2.19. The molecular formula is C26H21NO4. The van der Waals surface area contributed by atoms with E-state index in [1.54, 1.807) is 24.3 Å². The Kier molecular flexibility index (Phi) is 5.26. The first-order valence-corrected chi connectivity index (χ1v) is 9.88. The van der Waals surface area contributed by atoms with Gasteiger partial charge >= 0.3 is 5.97 Å². The standard InChI is InChI=1S/C26H21NO4/c1-16-8-6-13-22(26(28)31-3)24(16)23-15-19(27(29)30)14-17(2)25(23)21-12-7-10-18-9-4-5-11-20(18)21/h4-15H,1-3H3. The molecule has 0 aromatic heterocycles. The lowest BCUT2D eigenvalue weighted by atomic mass is 9.85. The topological polar surface area (TPSA) is 69.4 Å². The first-order chi connectivity index (χ1) is 14.9. The molecule has 0 saturated carbocycles. The fourth-order valence-electron chi connectivity index (χ4n) is 4.18. The summed E-state index contributed by atoms with van der Waals surface area (Å²) in [4.78, 5) is 23.8. The molecule has 4 aromatic carbocycles. The molecule has 0 atom stereocenters. The van der Waals surface area contributed by atoms with Crippen LogP contribution in [0.5, 0.6) is 0 Å². The monoisotopic (exact) mass is 411 g/mol. The van der Waals surface area contributed by atoms with Crippen molar-refractivity contribution in [2.75, 3.05) is 7.11 Å². The molecular weight excluding hydrogens is 390 g/mol. The van der Waals surface area contributed by atoms with Crippen molar-refractivity contribution in [2.45, 2.75) is 13.8 Å². The van der Waals surface area contributed by atoms with E-state index in [1.807, 2.05) is 62.4 Å². The Balaban J connectivity index is 2.16. The summed E-state index contributed by atoms with van der Waals surface area (Å²) in [5.74, 6) is -0.480. The molecule has 0 spiro atoms. The predicted octanol–water partition coefficient (Wildman–Crippen LogP) is 6.49. The Hall–Kier alpha value is -3.99. The van der Waals surface area contributed by atoms with Gasteiger partial charge in [0.2, 0.25) is 0 Å². The molecule has 0 saturated heterocycles. The highest BCUT2D eigenvalue weighted by Crippen LogP contribution is 2.43. The van der Waals surface area contributed by atoms with Gasteiger partial charge in [-0.15, -0.1) is 0 Å². The lowest BCUT2D eigenvalue weighted by molar-refractivity contribution is -0.384. The second kappa shape index (κ2) is 8.03. The smallest absolute Gasteiger partial charge is 0.338 e. The molecule has 0 bridgehead atoms. The van der Waals surface area contributed by atoms with Crippen molar-refractivity contribution in [1.29, 1.82) is 0 Å². The van der Waals surface area contributed by atoms with Gasteiger partial charge in [0.1, 0.15) is 0 Å². The van der Waals surface area contributed by atoms with Crippen molar-refractivity contribution in [3.05, 3.63) is 99.6 Å². The number of esters is 1. The van der Waals surface area contributed by atoms with E-state index < -0.39 is 10.9 Å². The molecule has 0 aliphatic carbocycles. The van der Waals surface area contributed by atoms with Gasteiger partial charge in [0.05, 0.1) is 17.6 Å². The maximum Gasteiger partial charge on any atom is 0.338 e. The minimum atomic E-state index is -0.480. The fourth-order valence-corrected chi connectivity index (χ4v) is 4.18. The van der Waals surface area contributed by atoms with Crippen LogP contribution in [0.25, 0.3) is 33.0 Å². The van der Waals surface area contributed by atoms with E-state index in [0.717, 1.165) is 33.0 Å². The third-order valence-electron chi connectivity index (χ3n) is 5.54. The number of rotatable bonds is 4. The highest BCUT2D eigenvalue weighted by atomic mass is 16.6. The van der Waals surface area contributed by atoms with Crippen LogP contribution in [0.4, 0.5) is 5.69 Å². The number of hydrogen-bond donors (Lipinski definition) is 0. The second-order valence-electron chi connectivity index (χ2n) is 7.46. The molecule has 5 nitrogen and oxygen atoms in total. The van der Waals surface area contributed by atoms with Crippen LogP contribution >= 0.6 is 0 Å². The van der Waals surface area contributed by atoms with Crippen molar-refractivity contribution in [3.63, 3.8) is 0 Å². The predicted molar refractivity (Wildman–Crippen MR) is 122 cm³/mol. The van der Waals surface area contributed by atoms with Crippen LogP contribution in [-0.2, 0) is 4.74 Å². The number of carbonyl (C=O) groups excluding carboxylic acids is 1. The fraction of sp³-hybridized carbons (Fsp3) is 0.115. The Bertz CT molecular complexity index is 1340. The third-order valence-corrected chi connectivity index (χ3v) is 5.54. The summed E-state index contributed by atoms with van der Waals surface area (Å²) in [6.07, 6.45) is 0. The molecule has 0 amide bonds. The van der Waals surface area contributed by atoms with E-state index in [2.05, 4.69) is 0 Å². The van der Waals surface area contributed by atoms with Gasteiger partial charge in [-0.1, -0.05) is 54.6 Å². The summed E-state index contributed by atoms with van der Waals surface area (Å²) in [5, 5.41) is 13.8. The molecule has 4 rings (SSSR count). The van der Waals surface area contributed by atoms with Gasteiger partial charge in [-0.05, 0) is 64.1 Å². The SMILES string of the molecule is COC(=O)c1cccc(C)c1-c1cc([N+](=O)[O-])cc(C)c1-c1cccc2ccccc12. The number of aryl methyl sites for hydroxylation is 2. The van der Waals surface area contributed by atoms with Crippen molar-refractivity contribution >= 4 is 22.4 Å². The normalized spacial score (nSPS) is 10.8. The number of carbonyl (C=O) groups is 1. The average Bonchev–Trinajstić information content (AvgIpc) is 2.77. The number of nitro benzene ring substituents is 1. The van der Waals surface area contributed by atoms with E-state index in [-0.39, 0.29) is 5.69 Å². The molecule has 0 unspecified atom stereocenters. The summed E-state index contributed by atoms with van der Waals surface area (Å²) < 4.78 is 5.00. The minimum absolute atomic E-state index is 0.0180. The number of non-ortho nitro benzene ring substituents is 1. The van der Waals surface area contributed by atoms with Gasteiger partial charge in [-0.25, -0.2) is 4.79 Å². The molecule has 0 heterocycles. The van der Waals surface area contributed by atoms with Crippen LogP contribution < -0.4 is 0 Å². The van der Waals surface area contributed by atoms with Gasteiger partial charge in [0, 0.05) is 12.1 Å². The van der Waals surface area contributed by atoms with Crippen LogP contribution in [0.15, 0.2) is 72.8 Å². The highest BCUT2D eigenvalue weighted by molar-refractivity contribution is 6.06. The van der Waals surface area contributed by atoms with Crippen molar-refractivity contribution < 1.29 is 14.5 Å². The Morgan fingerprint density at radius 1 is 0.839 bits per heavy atom. The minimum Gasteiger partial charge on any atom is -0.465 e. The average molecular weight is 411 g/mol. The lowest BCUT2D eigenvalue weighted by Crippen LogP contribution is -2.06. The summed E-state index contributed by atoms with van der Waals surface area (Å²) in [6, 6.07) is 22.5. The summed E-state index contributed by atoms with van der Waals surface area (Å²) >= 11 is 0. The first-order valence-electron chi connectivity index (χ1n) is 9.88. The van der Waals surface area contributed by atoms with Gasteiger partial charge in [0.25, 0.3) is 5.69 Å². The van der Waals surface area contributed by atoms with Crippen LogP contribution in [0, 0.1) is 24.0 Å². The van der Waals surface area contributed by atoms with Crippen molar-refractivity contribution in [1.82, 2.24) is 0 Å². The van der Waals surface area contributed by atoms with E-state index in [4.69, 9.17) is 4.74 Å². The molecule has 31 heavy (non-hydrogen) atoms. The van der Waals surface area contributed by atoms with E-state index in [9.17, 15) is 14.9 Å². The molecule has 0 aliphatic heterocycles. The largest absolute Gasteiger partial charge is 0.465 e. The number of benzene rings is 4. The van der Waals surface area contributed by atoms with E-state index >= 15 is 0 Å². The van der Waals surface area contributed by atoms with Crippen LogP contribution in [0.2, 0.25) is 0 Å². The van der Waals surface area contributed by atoms with Gasteiger partial charge < -0.3 is 4.74 Å². The Morgan fingerprint density at radius 2 is 1.55 bits per heavy atom. The molecule has 5 heteroatoms. The second-order valence-corrected chi connectivity index (χ2v) is 7.46. The maximum atomic E-state index is 12.6. The first kappa shape index (κ1) is 20.3. The molecule has 4 aromatic rings. The molecule has 0 N–H and O–H groups in total. The molecule has 0 radical (unpaired) electrons. The summed E-state index contributed by atoms with van der Waals surface area (Å²) in [6.45, 7) is 3.76. The highest BCUT2D eigenvalue weighted by Gasteiger charge is 2.23. The zero-order valence-corrected chi connectivity index (χ0v) is 17.5. The quantitative estimate of drug-likeness (QED) is 0.219. The number of ether oxygens (including phenoxy) is 1. The van der Waals surface area contributed by atoms with E-state index in [0.29, 0.717) is 16.7 Å². The molecule has 0 fully saturated rings. The summed E-state index contributed by atoms with van der Waals surface area (Å²) in [5.41, 5.74) is 5.07. The maximum absolute atomic E-state index is 12.6. The number of nitro groups is 1. The van der Waals surface area contributed by atoms with Crippen LogP contribution in [-0.4, -0.2) is 18.0 Å². The number of nitrogens with zero attached hydrogens (tertiary/aromatic N) is 1. The van der Waals surface area contributed by atoms with Crippen molar-refractivity contribution in [3.8, 4) is 22.3 Å². The van der Waals surface area contributed by atoms with Crippen LogP contribution in [0.3, 0.4) is 0 Å².